The number of aromatic nitrogens is 8. The minimum Gasteiger partial charge on any atom is -0.491 e. The predicted molar refractivity (Wildman–Crippen MR) is 224 cm³/mol. The number of carbonyl (C=O) groups is 4. The van der Waals surface area contributed by atoms with Crippen LogP contribution in [0.4, 0.5) is 11.9 Å². The van der Waals surface area contributed by atoms with Crippen molar-refractivity contribution in [1.29, 1.82) is 0 Å². The summed E-state index contributed by atoms with van der Waals surface area (Å²) in [7, 11) is 0. The lowest BCUT2D eigenvalue weighted by molar-refractivity contribution is 0.0991. The Bertz CT molecular complexity index is 2520. The molecule has 0 saturated carbocycles. The largest absolute Gasteiger partial charge is 0.491 e. The van der Waals surface area contributed by atoms with Crippen LogP contribution in [-0.4, -0.2) is 75.5 Å². The smallest absolute Gasteiger partial charge is 0.276 e. The summed E-state index contributed by atoms with van der Waals surface area (Å²) < 4.78 is 19.6. The van der Waals surface area contributed by atoms with Crippen LogP contribution in [0, 0.1) is 13.8 Å². The van der Waals surface area contributed by atoms with Gasteiger partial charge in [-0.15, -0.1) is 0 Å². The first-order valence-corrected chi connectivity index (χ1v) is 20.3. The fourth-order valence-corrected chi connectivity index (χ4v) is 8.26. The number of ether oxygens (including phenoxy) is 2. The zero-order valence-electron chi connectivity index (χ0n) is 34.0. The van der Waals surface area contributed by atoms with Crippen molar-refractivity contribution < 1.29 is 28.7 Å². The van der Waals surface area contributed by atoms with Crippen LogP contribution in [0.3, 0.4) is 0 Å². The van der Waals surface area contributed by atoms with Gasteiger partial charge in [0.15, 0.2) is 0 Å². The van der Waals surface area contributed by atoms with Gasteiger partial charge >= 0.3 is 0 Å². The van der Waals surface area contributed by atoms with Gasteiger partial charge in [-0.05, 0) is 103 Å². The molecule has 8 rings (SSSR count). The SMILES string of the molecule is CCn1nc(C)cc1C(=O)Nc1nc2cc(C(N)=O)cc3c2n1C(C/C=C/CC1CCCOc2cc(C(N)=O)cc4nc(NC(=O)c5cc(C)nn5CC)n1c24)CCCO3. The molecule has 60 heavy (non-hydrogen) atoms. The van der Waals surface area contributed by atoms with Crippen LogP contribution in [-0.2, 0) is 13.1 Å². The van der Waals surface area contributed by atoms with Gasteiger partial charge in [0.2, 0.25) is 23.7 Å². The Labute approximate surface area is 344 Å². The van der Waals surface area contributed by atoms with E-state index < -0.39 is 11.8 Å². The fraction of sp³-hybridized carbons (Fsp3) is 0.381. The van der Waals surface area contributed by atoms with Crippen LogP contribution in [0.2, 0.25) is 0 Å². The van der Waals surface area contributed by atoms with Crippen LogP contribution < -0.4 is 31.6 Å². The number of nitrogens with zero attached hydrogens (tertiary/aromatic N) is 8. The zero-order valence-corrected chi connectivity index (χ0v) is 34.0. The molecule has 6 aromatic rings. The summed E-state index contributed by atoms with van der Waals surface area (Å²) in [5.74, 6) is -0.397. The highest BCUT2D eigenvalue weighted by Crippen LogP contribution is 2.40. The number of aryl methyl sites for hydroxylation is 4. The molecule has 2 unspecified atom stereocenters. The van der Waals surface area contributed by atoms with Crippen molar-refractivity contribution in [3.05, 3.63) is 82.5 Å². The van der Waals surface area contributed by atoms with E-state index in [1.165, 1.54) is 0 Å². The molecule has 2 aromatic carbocycles. The lowest BCUT2D eigenvalue weighted by atomic mass is 10.0. The Balaban J connectivity index is 1.13. The normalized spacial score (nSPS) is 16.5. The number of anilines is 2. The predicted octanol–water partition coefficient (Wildman–Crippen LogP) is 5.60. The monoisotopic (exact) mass is 816 g/mol. The molecule has 2 aliphatic heterocycles. The summed E-state index contributed by atoms with van der Waals surface area (Å²) in [6.07, 6.45) is 8.23. The first-order valence-electron chi connectivity index (χ1n) is 20.3. The number of allylic oxidation sites excluding steroid dienone is 2. The van der Waals surface area contributed by atoms with Crippen LogP contribution in [0.25, 0.3) is 22.1 Å². The van der Waals surface area contributed by atoms with E-state index in [0.717, 1.165) is 11.4 Å². The lowest BCUT2D eigenvalue weighted by Crippen LogP contribution is -2.22. The maximum absolute atomic E-state index is 13.8. The second-order valence-corrected chi connectivity index (χ2v) is 15.1. The zero-order chi connectivity index (χ0) is 42.2. The number of rotatable bonds is 12. The highest BCUT2D eigenvalue weighted by Gasteiger charge is 2.29. The molecule has 6 heterocycles. The number of benzene rings is 2. The van der Waals surface area contributed by atoms with E-state index in [9.17, 15) is 19.2 Å². The number of nitrogens with one attached hydrogen (secondary N) is 2. The lowest BCUT2D eigenvalue weighted by Gasteiger charge is -2.25. The van der Waals surface area contributed by atoms with Gasteiger partial charge < -0.3 is 30.1 Å². The third-order valence-corrected chi connectivity index (χ3v) is 11.0. The maximum Gasteiger partial charge on any atom is 0.276 e. The van der Waals surface area contributed by atoms with Gasteiger partial charge in [-0.1, -0.05) is 12.2 Å². The van der Waals surface area contributed by atoms with Crippen molar-refractivity contribution in [2.24, 2.45) is 11.5 Å². The molecule has 2 atom stereocenters. The molecule has 2 aliphatic rings. The number of hydrogen-bond donors (Lipinski definition) is 4. The molecule has 0 aliphatic carbocycles. The molecule has 6 N–H and O–H groups in total. The quantitative estimate of drug-likeness (QED) is 0.112. The topological polar surface area (TPSA) is 234 Å². The van der Waals surface area contributed by atoms with Crippen molar-refractivity contribution in [2.75, 3.05) is 23.8 Å². The van der Waals surface area contributed by atoms with Gasteiger partial charge in [-0.3, -0.25) is 39.2 Å². The molecule has 4 amide bonds. The van der Waals surface area contributed by atoms with Gasteiger partial charge in [0.05, 0.1) is 35.6 Å². The molecule has 18 nitrogen and oxygen atoms in total. The van der Waals surface area contributed by atoms with Gasteiger partial charge in [-0.2, -0.15) is 10.2 Å². The summed E-state index contributed by atoms with van der Waals surface area (Å²) >= 11 is 0. The highest BCUT2D eigenvalue weighted by molar-refractivity contribution is 6.05. The van der Waals surface area contributed by atoms with E-state index in [1.54, 1.807) is 45.8 Å². The van der Waals surface area contributed by atoms with Gasteiger partial charge in [0, 0.05) is 36.3 Å². The highest BCUT2D eigenvalue weighted by atomic mass is 16.5. The third kappa shape index (κ3) is 7.55. The molecule has 0 spiro atoms. The summed E-state index contributed by atoms with van der Waals surface area (Å²) in [6.45, 7) is 9.37. The number of nitrogens with two attached hydrogens (primary N) is 2. The third-order valence-electron chi connectivity index (χ3n) is 11.0. The van der Waals surface area contributed by atoms with Crippen molar-refractivity contribution in [1.82, 2.24) is 38.7 Å². The summed E-state index contributed by atoms with van der Waals surface area (Å²) in [5, 5.41) is 15.0. The minimum atomic E-state index is -0.613. The van der Waals surface area contributed by atoms with Gasteiger partial charge in [0.1, 0.15) is 33.9 Å². The molecular formula is C42H48N12O6. The van der Waals surface area contributed by atoms with Gasteiger partial charge in [-0.25, -0.2) is 9.97 Å². The van der Waals surface area contributed by atoms with Crippen molar-refractivity contribution >= 4 is 57.6 Å². The number of primary amides is 2. The van der Waals surface area contributed by atoms with E-state index in [1.807, 2.05) is 36.8 Å². The second kappa shape index (κ2) is 16.3. The Morgan fingerprint density at radius 1 is 0.683 bits per heavy atom. The number of amides is 4. The molecule has 0 saturated heterocycles. The van der Waals surface area contributed by atoms with Crippen molar-refractivity contribution in [3.8, 4) is 11.5 Å². The summed E-state index contributed by atoms with van der Waals surface area (Å²) in [6, 6.07) is 9.66. The Hall–Kier alpha value is -6.98. The van der Waals surface area contributed by atoms with Crippen LogP contribution in [0.5, 0.6) is 11.5 Å². The van der Waals surface area contributed by atoms with Crippen LogP contribution >= 0.6 is 0 Å². The number of imidazole rings is 2. The molecule has 4 aromatic heterocycles. The average Bonchev–Trinajstić information content (AvgIpc) is 3.97. The minimum absolute atomic E-state index is 0.151. The summed E-state index contributed by atoms with van der Waals surface area (Å²) in [5.41, 5.74) is 16.4. The fourth-order valence-electron chi connectivity index (χ4n) is 8.26. The van der Waals surface area contributed by atoms with E-state index in [-0.39, 0.29) is 35.0 Å². The van der Waals surface area contributed by atoms with Crippen molar-refractivity contribution in [3.63, 3.8) is 0 Å². The first-order chi connectivity index (χ1) is 28.9. The molecule has 0 radical (unpaired) electrons. The Morgan fingerprint density at radius 2 is 1.10 bits per heavy atom. The molecule has 312 valence electrons. The summed E-state index contributed by atoms with van der Waals surface area (Å²) in [4.78, 5) is 61.9. The number of carbonyl (C=O) groups excluding carboxylic acids is 4. The van der Waals surface area contributed by atoms with Crippen LogP contribution in [0.15, 0.2) is 48.6 Å². The Kier molecular flexibility index (Phi) is 10.8. The molecular weight excluding hydrogens is 769 g/mol. The van der Waals surface area contributed by atoms with E-state index >= 15 is 0 Å². The van der Waals surface area contributed by atoms with Crippen molar-refractivity contribution in [2.45, 2.75) is 91.4 Å². The van der Waals surface area contributed by atoms with Gasteiger partial charge in [0.25, 0.3) is 11.8 Å². The molecule has 0 fully saturated rings. The molecule has 18 heteroatoms. The van der Waals surface area contributed by atoms with E-state index in [2.05, 4.69) is 33.0 Å². The van der Waals surface area contributed by atoms with Crippen LogP contribution in [0.1, 0.15) is 118 Å². The van der Waals surface area contributed by atoms with E-state index in [4.69, 9.17) is 30.9 Å². The Morgan fingerprint density at radius 3 is 1.48 bits per heavy atom. The number of hydrogen-bond acceptors (Lipinski definition) is 10. The first kappa shape index (κ1) is 39.8. The average molecular weight is 817 g/mol. The maximum atomic E-state index is 13.8. The standard InChI is InChI=1S/C42H48N12O6/c1-5-51-31(17-23(3)49-51)39(57)47-41-45-29-19-25(37(43)55)21-33-35(29)53(41)27(13-9-15-59-33)11-7-8-12-28-14-10-16-60-34-22-26(38(44)56)20-30-36(34)54(28)42(46-30)48-40(58)32-18-24(4)50-52(32)6-2/h7-8,17-22,27-28H,5-6,9-16H2,1-4H3,(H2,43,55)(H2,44,56)(H,45,47,57)(H,46,48,58)/b8-7+. The second-order valence-electron chi connectivity index (χ2n) is 15.1. The molecule has 0 bridgehead atoms. The van der Waals surface area contributed by atoms with E-state index in [0.29, 0.717) is 122 Å².